The summed E-state index contributed by atoms with van der Waals surface area (Å²) in [6.45, 7) is 4.32. The maximum absolute atomic E-state index is 5.69. The molecule has 2 N–H and O–H groups in total. The largest absolute Gasteiger partial charge is 0.376 e. The normalized spacial score (nSPS) is 30.8. The standard InChI is InChI=1S/C10H17NO/c1-2-3-4-5-10-7-6-9(11)8-12-10/h2-4,9-10H,1,5-8,11H2/b4-3+. The molecule has 1 aliphatic heterocycles. The van der Waals surface area contributed by atoms with Crippen molar-refractivity contribution in [1.29, 1.82) is 0 Å². The highest BCUT2D eigenvalue weighted by atomic mass is 16.5. The van der Waals surface area contributed by atoms with Crippen LogP contribution in [0.2, 0.25) is 0 Å². The van der Waals surface area contributed by atoms with E-state index in [2.05, 4.69) is 12.7 Å². The third kappa shape index (κ3) is 3.20. The van der Waals surface area contributed by atoms with Gasteiger partial charge in [0, 0.05) is 6.04 Å². The Morgan fingerprint density at radius 1 is 1.50 bits per heavy atom. The third-order valence-electron chi connectivity index (χ3n) is 2.08. The van der Waals surface area contributed by atoms with E-state index in [1.807, 2.05) is 6.08 Å². The van der Waals surface area contributed by atoms with E-state index < -0.39 is 0 Å². The van der Waals surface area contributed by atoms with E-state index in [0.717, 1.165) is 19.3 Å². The third-order valence-corrected chi connectivity index (χ3v) is 2.08. The van der Waals surface area contributed by atoms with Crippen LogP contribution < -0.4 is 5.73 Å². The van der Waals surface area contributed by atoms with Gasteiger partial charge in [-0.05, 0) is 19.3 Å². The fraction of sp³-hybridized carbons (Fsp3) is 0.600. The number of allylic oxidation sites excluding steroid dienone is 2. The van der Waals surface area contributed by atoms with Gasteiger partial charge in [-0.25, -0.2) is 0 Å². The molecule has 0 aromatic carbocycles. The van der Waals surface area contributed by atoms with E-state index in [4.69, 9.17) is 10.5 Å². The summed E-state index contributed by atoms with van der Waals surface area (Å²) in [4.78, 5) is 0. The Morgan fingerprint density at radius 3 is 2.92 bits per heavy atom. The van der Waals surface area contributed by atoms with E-state index in [-0.39, 0.29) is 6.04 Å². The van der Waals surface area contributed by atoms with E-state index >= 15 is 0 Å². The Bertz CT molecular complexity index is 157. The SMILES string of the molecule is C=C/C=C/CC1CCC(N)CO1. The second-order valence-electron chi connectivity index (χ2n) is 3.19. The van der Waals surface area contributed by atoms with Crippen LogP contribution in [-0.4, -0.2) is 18.8 Å². The van der Waals surface area contributed by atoms with Crippen LogP contribution in [0.25, 0.3) is 0 Å². The van der Waals surface area contributed by atoms with Gasteiger partial charge in [-0.2, -0.15) is 0 Å². The number of ether oxygens (including phenoxy) is 1. The number of rotatable bonds is 3. The van der Waals surface area contributed by atoms with Crippen molar-refractivity contribution < 1.29 is 4.74 Å². The molecular weight excluding hydrogens is 150 g/mol. The van der Waals surface area contributed by atoms with Crippen LogP contribution in [0.1, 0.15) is 19.3 Å². The summed E-state index contributed by atoms with van der Waals surface area (Å²) in [5.74, 6) is 0. The highest BCUT2D eigenvalue weighted by Gasteiger charge is 2.17. The molecule has 0 aromatic rings. The van der Waals surface area contributed by atoms with Crippen LogP contribution >= 0.6 is 0 Å². The predicted octanol–water partition coefficient (Wildman–Crippen LogP) is 1.62. The zero-order valence-corrected chi connectivity index (χ0v) is 7.41. The van der Waals surface area contributed by atoms with Gasteiger partial charge in [-0.3, -0.25) is 0 Å². The predicted molar refractivity (Wildman–Crippen MR) is 50.9 cm³/mol. The highest BCUT2D eigenvalue weighted by molar-refractivity contribution is 4.98. The van der Waals surface area contributed by atoms with Gasteiger partial charge in [0.25, 0.3) is 0 Å². The lowest BCUT2D eigenvalue weighted by Crippen LogP contribution is -2.35. The molecule has 0 spiro atoms. The van der Waals surface area contributed by atoms with Crippen molar-refractivity contribution in [2.75, 3.05) is 6.61 Å². The molecule has 0 amide bonds. The Hall–Kier alpha value is -0.600. The minimum absolute atomic E-state index is 0.254. The van der Waals surface area contributed by atoms with E-state index in [1.165, 1.54) is 0 Å². The maximum Gasteiger partial charge on any atom is 0.0621 e. The second kappa shape index (κ2) is 5.12. The molecule has 0 saturated carbocycles. The lowest BCUT2D eigenvalue weighted by atomic mass is 10.0. The van der Waals surface area contributed by atoms with Crippen molar-refractivity contribution in [3.05, 3.63) is 24.8 Å². The quantitative estimate of drug-likeness (QED) is 0.648. The molecule has 0 bridgehead atoms. The van der Waals surface area contributed by atoms with Crippen molar-refractivity contribution in [3.63, 3.8) is 0 Å². The maximum atomic E-state index is 5.69. The Balaban J connectivity index is 2.17. The molecular formula is C10H17NO. The average molecular weight is 167 g/mol. The molecule has 68 valence electrons. The van der Waals surface area contributed by atoms with E-state index in [9.17, 15) is 0 Å². The summed E-state index contributed by atoms with van der Waals surface area (Å²) in [6.07, 6.45) is 9.37. The first-order valence-electron chi connectivity index (χ1n) is 4.47. The molecule has 2 nitrogen and oxygen atoms in total. The van der Waals surface area contributed by atoms with Crippen molar-refractivity contribution >= 4 is 0 Å². The van der Waals surface area contributed by atoms with E-state index in [0.29, 0.717) is 12.7 Å². The summed E-state index contributed by atoms with van der Waals surface area (Å²) in [5, 5.41) is 0. The molecule has 0 aromatic heterocycles. The first-order chi connectivity index (χ1) is 5.83. The first-order valence-corrected chi connectivity index (χ1v) is 4.47. The van der Waals surface area contributed by atoms with Gasteiger partial charge in [0.15, 0.2) is 0 Å². The van der Waals surface area contributed by atoms with Crippen LogP contribution in [0.15, 0.2) is 24.8 Å². The highest BCUT2D eigenvalue weighted by Crippen LogP contribution is 2.15. The van der Waals surface area contributed by atoms with Crippen molar-refractivity contribution in [2.45, 2.75) is 31.4 Å². The monoisotopic (exact) mass is 167 g/mol. The van der Waals surface area contributed by atoms with Gasteiger partial charge in [0.1, 0.15) is 0 Å². The Morgan fingerprint density at radius 2 is 2.33 bits per heavy atom. The van der Waals surface area contributed by atoms with Gasteiger partial charge >= 0.3 is 0 Å². The van der Waals surface area contributed by atoms with Crippen LogP contribution in [0.4, 0.5) is 0 Å². The molecule has 0 aliphatic carbocycles. The first kappa shape index (κ1) is 9.49. The average Bonchev–Trinajstić information content (AvgIpc) is 2.09. The summed E-state index contributed by atoms with van der Waals surface area (Å²) in [6, 6.07) is 0.254. The van der Waals surface area contributed by atoms with Crippen LogP contribution in [0, 0.1) is 0 Å². The zero-order chi connectivity index (χ0) is 8.81. The Kier molecular flexibility index (Phi) is 4.05. The van der Waals surface area contributed by atoms with Crippen LogP contribution in [0.3, 0.4) is 0 Å². The summed E-state index contributed by atoms with van der Waals surface area (Å²) in [5.41, 5.74) is 5.69. The minimum atomic E-state index is 0.254. The van der Waals surface area contributed by atoms with Crippen molar-refractivity contribution in [1.82, 2.24) is 0 Å². The smallest absolute Gasteiger partial charge is 0.0621 e. The summed E-state index contributed by atoms with van der Waals surface area (Å²) >= 11 is 0. The van der Waals surface area contributed by atoms with Crippen molar-refractivity contribution in [2.24, 2.45) is 5.73 Å². The molecule has 12 heavy (non-hydrogen) atoms. The topological polar surface area (TPSA) is 35.2 Å². The molecule has 1 aliphatic rings. The fourth-order valence-corrected chi connectivity index (χ4v) is 1.34. The van der Waals surface area contributed by atoms with Gasteiger partial charge in [0.05, 0.1) is 12.7 Å². The summed E-state index contributed by atoms with van der Waals surface area (Å²) in [7, 11) is 0. The molecule has 1 fully saturated rings. The summed E-state index contributed by atoms with van der Waals surface area (Å²) < 4.78 is 5.53. The van der Waals surface area contributed by atoms with E-state index in [1.54, 1.807) is 6.08 Å². The van der Waals surface area contributed by atoms with Crippen LogP contribution in [-0.2, 0) is 4.74 Å². The lowest BCUT2D eigenvalue weighted by Gasteiger charge is -2.25. The molecule has 2 heteroatoms. The minimum Gasteiger partial charge on any atom is -0.376 e. The van der Waals surface area contributed by atoms with Gasteiger partial charge in [-0.1, -0.05) is 24.8 Å². The zero-order valence-electron chi connectivity index (χ0n) is 7.41. The van der Waals surface area contributed by atoms with Gasteiger partial charge < -0.3 is 10.5 Å². The molecule has 2 unspecified atom stereocenters. The van der Waals surface area contributed by atoms with Gasteiger partial charge in [-0.15, -0.1) is 0 Å². The number of nitrogens with two attached hydrogens (primary N) is 1. The lowest BCUT2D eigenvalue weighted by molar-refractivity contribution is 0.00765. The molecule has 1 rings (SSSR count). The van der Waals surface area contributed by atoms with Crippen molar-refractivity contribution in [3.8, 4) is 0 Å². The van der Waals surface area contributed by atoms with Crippen LogP contribution in [0.5, 0.6) is 0 Å². The molecule has 0 radical (unpaired) electrons. The van der Waals surface area contributed by atoms with Gasteiger partial charge in [0.2, 0.25) is 0 Å². The Labute approximate surface area is 74.1 Å². The molecule has 1 saturated heterocycles. The number of hydrogen-bond acceptors (Lipinski definition) is 2. The fourth-order valence-electron chi connectivity index (χ4n) is 1.34. The molecule has 1 heterocycles. The molecule has 2 atom stereocenters. The second-order valence-corrected chi connectivity index (χ2v) is 3.19. The number of hydrogen-bond donors (Lipinski definition) is 1.